The van der Waals surface area contributed by atoms with Crippen LogP contribution in [0.1, 0.15) is 39.0 Å². The predicted molar refractivity (Wildman–Crippen MR) is 50.1 cm³/mol. The van der Waals surface area contributed by atoms with Crippen molar-refractivity contribution in [3.8, 4) is 0 Å². The first kappa shape index (κ1) is 9.97. The van der Waals surface area contributed by atoms with Gasteiger partial charge in [-0.05, 0) is 50.6 Å². The Balaban J connectivity index is 0.000000720. The molecule has 12 heavy (non-hydrogen) atoms. The van der Waals surface area contributed by atoms with Gasteiger partial charge >= 0.3 is 0 Å². The van der Waals surface area contributed by atoms with E-state index in [4.69, 9.17) is 0 Å². The van der Waals surface area contributed by atoms with Crippen LogP contribution in [-0.4, -0.2) is 24.5 Å². The minimum absolute atomic E-state index is 0. The molecule has 1 nitrogen and oxygen atoms in total. The molecule has 2 rings (SSSR count). The average Bonchev–Trinajstić information content (AvgIpc) is 2.59. The van der Waals surface area contributed by atoms with Gasteiger partial charge in [-0.2, -0.15) is 0 Å². The predicted octanol–water partition coefficient (Wildman–Crippen LogP) is 2.42. The standard InChI is InChI=1S/C10H19N.FH/c1-2-10(5-6-10)9-11-7-3-4-8-11;/h2-9H2,1H3;1H. The zero-order chi connectivity index (χ0) is 7.73. The topological polar surface area (TPSA) is 3.24 Å². The van der Waals surface area contributed by atoms with Crippen LogP contribution in [0.2, 0.25) is 0 Å². The van der Waals surface area contributed by atoms with Crippen LogP contribution in [0.5, 0.6) is 0 Å². The summed E-state index contributed by atoms with van der Waals surface area (Å²) in [5.74, 6) is 0. The second-order valence-electron chi connectivity index (χ2n) is 4.34. The van der Waals surface area contributed by atoms with E-state index in [1.165, 1.54) is 51.7 Å². The van der Waals surface area contributed by atoms with E-state index in [2.05, 4.69) is 11.8 Å². The van der Waals surface area contributed by atoms with Crippen LogP contribution in [0.4, 0.5) is 4.70 Å². The minimum Gasteiger partial charge on any atom is -0.303 e. The van der Waals surface area contributed by atoms with Crippen molar-refractivity contribution in [2.24, 2.45) is 5.41 Å². The van der Waals surface area contributed by atoms with Gasteiger partial charge in [0.25, 0.3) is 0 Å². The summed E-state index contributed by atoms with van der Waals surface area (Å²) in [5.41, 5.74) is 0.782. The molecule has 1 saturated carbocycles. The summed E-state index contributed by atoms with van der Waals surface area (Å²) in [4.78, 5) is 2.66. The second kappa shape index (κ2) is 3.73. The summed E-state index contributed by atoms with van der Waals surface area (Å²) in [6.07, 6.45) is 7.29. The fourth-order valence-electron chi connectivity index (χ4n) is 2.22. The monoisotopic (exact) mass is 173 g/mol. The van der Waals surface area contributed by atoms with Crippen LogP contribution in [0.25, 0.3) is 0 Å². The Morgan fingerprint density at radius 3 is 2.17 bits per heavy atom. The van der Waals surface area contributed by atoms with Crippen LogP contribution in [0, 0.1) is 5.41 Å². The molecule has 0 spiro atoms. The quantitative estimate of drug-likeness (QED) is 0.633. The highest BCUT2D eigenvalue weighted by Gasteiger charge is 2.41. The number of hydrogen-bond acceptors (Lipinski definition) is 1. The van der Waals surface area contributed by atoms with E-state index in [0.717, 1.165) is 5.41 Å². The smallest absolute Gasteiger partial charge is 0.00379 e. The van der Waals surface area contributed by atoms with Crippen LogP contribution in [0.3, 0.4) is 0 Å². The summed E-state index contributed by atoms with van der Waals surface area (Å²) in [6.45, 7) is 6.51. The van der Waals surface area contributed by atoms with E-state index in [-0.39, 0.29) is 4.70 Å². The van der Waals surface area contributed by atoms with Gasteiger partial charge in [0.1, 0.15) is 0 Å². The Morgan fingerprint density at radius 2 is 1.75 bits per heavy atom. The molecule has 2 heteroatoms. The summed E-state index contributed by atoms with van der Waals surface area (Å²) in [5, 5.41) is 0. The van der Waals surface area contributed by atoms with E-state index >= 15 is 0 Å². The lowest BCUT2D eigenvalue weighted by Gasteiger charge is -2.21. The first-order chi connectivity index (χ1) is 5.35. The van der Waals surface area contributed by atoms with Crippen LogP contribution < -0.4 is 0 Å². The lowest BCUT2D eigenvalue weighted by atomic mass is 10.0. The van der Waals surface area contributed by atoms with Crippen molar-refractivity contribution in [1.29, 1.82) is 0 Å². The Bertz CT molecular complexity index is 137. The number of nitrogens with zero attached hydrogens (tertiary/aromatic N) is 1. The first-order valence-electron chi connectivity index (χ1n) is 5.07. The number of halogens is 1. The molecule has 2 aliphatic rings. The maximum absolute atomic E-state index is 2.66. The van der Waals surface area contributed by atoms with Gasteiger partial charge in [-0.15, -0.1) is 0 Å². The van der Waals surface area contributed by atoms with Crippen molar-refractivity contribution >= 4 is 0 Å². The zero-order valence-electron chi connectivity index (χ0n) is 8.01. The molecule has 0 radical (unpaired) electrons. The normalized spacial score (nSPS) is 26.8. The maximum atomic E-state index is 2.66. The summed E-state index contributed by atoms with van der Waals surface area (Å²) in [7, 11) is 0. The van der Waals surface area contributed by atoms with Gasteiger partial charge in [0.15, 0.2) is 0 Å². The molecule has 0 aromatic rings. The van der Waals surface area contributed by atoms with Crippen LogP contribution in [0.15, 0.2) is 0 Å². The van der Waals surface area contributed by atoms with E-state index in [1.807, 2.05) is 0 Å². The Labute approximate surface area is 74.5 Å². The highest BCUT2D eigenvalue weighted by atomic mass is 19.0. The maximum Gasteiger partial charge on any atom is 0.00379 e. The van der Waals surface area contributed by atoms with Gasteiger partial charge in [0.2, 0.25) is 0 Å². The Hall–Kier alpha value is -0.110. The first-order valence-corrected chi connectivity index (χ1v) is 5.07. The Morgan fingerprint density at radius 1 is 1.17 bits per heavy atom. The van der Waals surface area contributed by atoms with Crippen LogP contribution >= 0.6 is 0 Å². The Kier molecular flexibility index (Phi) is 3.10. The van der Waals surface area contributed by atoms with E-state index in [1.54, 1.807) is 0 Å². The van der Waals surface area contributed by atoms with Crippen LogP contribution in [-0.2, 0) is 0 Å². The van der Waals surface area contributed by atoms with Crippen molar-refractivity contribution in [2.45, 2.75) is 39.0 Å². The lowest BCUT2D eigenvalue weighted by Crippen LogP contribution is -2.27. The molecule has 0 unspecified atom stereocenters. The van der Waals surface area contributed by atoms with Crippen molar-refractivity contribution in [3.05, 3.63) is 0 Å². The number of hydrogen-bond donors (Lipinski definition) is 0. The summed E-state index contributed by atoms with van der Waals surface area (Å²) in [6, 6.07) is 0. The fraction of sp³-hybridized carbons (Fsp3) is 1.00. The van der Waals surface area contributed by atoms with Crippen molar-refractivity contribution in [3.63, 3.8) is 0 Å². The third-order valence-electron chi connectivity index (χ3n) is 3.46. The number of likely N-dealkylation sites (tertiary alicyclic amines) is 1. The molecule has 1 aliphatic carbocycles. The molecule has 0 N–H and O–H groups in total. The zero-order valence-corrected chi connectivity index (χ0v) is 8.01. The molecule has 1 heterocycles. The van der Waals surface area contributed by atoms with Gasteiger partial charge in [-0.3, -0.25) is 4.70 Å². The SMILES string of the molecule is CCC1(CN2CCCC2)CC1.F. The minimum atomic E-state index is 0. The third-order valence-corrected chi connectivity index (χ3v) is 3.46. The highest BCUT2D eigenvalue weighted by Crippen LogP contribution is 2.49. The molecule has 0 atom stereocenters. The third kappa shape index (κ3) is 1.98. The molecule has 0 bridgehead atoms. The van der Waals surface area contributed by atoms with Crippen molar-refractivity contribution < 1.29 is 4.70 Å². The van der Waals surface area contributed by atoms with Gasteiger partial charge in [0, 0.05) is 6.54 Å². The average molecular weight is 173 g/mol. The van der Waals surface area contributed by atoms with E-state index < -0.39 is 0 Å². The molecule has 1 saturated heterocycles. The molecule has 0 aromatic carbocycles. The molecular formula is C10H20FN. The van der Waals surface area contributed by atoms with Crippen molar-refractivity contribution in [2.75, 3.05) is 19.6 Å². The van der Waals surface area contributed by atoms with Gasteiger partial charge in [0.05, 0.1) is 0 Å². The summed E-state index contributed by atoms with van der Waals surface area (Å²) < 4.78 is 0. The van der Waals surface area contributed by atoms with Gasteiger partial charge < -0.3 is 4.90 Å². The summed E-state index contributed by atoms with van der Waals surface area (Å²) >= 11 is 0. The molecule has 0 aromatic heterocycles. The lowest BCUT2D eigenvalue weighted by molar-refractivity contribution is 0.259. The molecule has 2 fully saturated rings. The molecular weight excluding hydrogens is 153 g/mol. The van der Waals surface area contributed by atoms with Crippen molar-refractivity contribution in [1.82, 2.24) is 4.90 Å². The molecule has 1 aliphatic heterocycles. The van der Waals surface area contributed by atoms with Gasteiger partial charge in [-0.1, -0.05) is 6.92 Å². The second-order valence-corrected chi connectivity index (χ2v) is 4.34. The fourth-order valence-corrected chi connectivity index (χ4v) is 2.22. The number of rotatable bonds is 3. The highest BCUT2D eigenvalue weighted by molar-refractivity contribution is 4.94. The van der Waals surface area contributed by atoms with Gasteiger partial charge in [-0.25, -0.2) is 0 Å². The molecule has 0 amide bonds. The largest absolute Gasteiger partial charge is 0.303 e. The van der Waals surface area contributed by atoms with E-state index in [0.29, 0.717) is 0 Å². The van der Waals surface area contributed by atoms with E-state index in [9.17, 15) is 0 Å². The molecule has 72 valence electrons.